The Balaban J connectivity index is 1.66. The van der Waals surface area contributed by atoms with Gasteiger partial charge in [0.25, 0.3) is 0 Å². The van der Waals surface area contributed by atoms with Crippen LogP contribution < -0.4 is 9.05 Å². The normalized spacial score (nSPS) is 13.3. The number of phosphoric ester groups is 1. The zero-order valence-corrected chi connectivity index (χ0v) is 16.1. The van der Waals surface area contributed by atoms with Gasteiger partial charge in [-0.15, -0.1) is 0 Å². The molecule has 5 heteroatoms. The van der Waals surface area contributed by atoms with Crippen molar-refractivity contribution in [2.75, 3.05) is 0 Å². The van der Waals surface area contributed by atoms with E-state index in [1.807, 2.05) is 74.5 Å². The van der Waals surface area contributed by atoms with Gasteiger partial charge in [0, 0.05) is 0 Å². The molecule has 0 radical (unpaired) electrons. The lowest BCUT2D eigenvalue weighted by atomic mass is 10.1. The van der Waals surface area contributed by atoms with E-state index in [0.29, 0.717) is 5.75 Å². The molecule has 1 unspecified atom stereocenters. The first-order chi connectivity index (χ1) is 12.9. The van der Waals surface area contributed by atoms with Crippen LogP contribution >= 0.6 is 7.82 Å². The SMILES string of the molecule is Cc1cc(C)cc(OP(=O)(O)Oc2ccc(/C=C/c3ccccc3)cc2)c1. The number of phosphoric acid groups is 1. The molecule has 0 amide bonds. The molecule has 0 saturated carbocycles. The number of hydrogen-bond donors (Lipinski definition) is 1. The Hall–Kier alpha value is -2.81. The third-order valence-electron chi connectivity index (χ3n) is 3.78. The fourth-order valence-electron chi connectivity index (χ4n) is 2.67. The first-order valence-electron chi connectivity index (χ1n) is 8.53. The molecule has 0 aromatic heterocycles. The lowest BCUT2D eigenvalue weighted by molar-refractivity contribution is 0.291. The van der Waals surface area contributed by atoms with Crippen LogP contribution in [0.1, 0.15) is 22.3 Å². The van der Waals surface area contributed by atoms with Gasteiger partial charge in [0.15, 0.2) is 0 Å². The average molecular weight is 380 g/mol. The average Bonchev–Trinajstić information content (AvgIpc) is 2.60. The van der Waals surface area contributed by atoms with Gasteiger partial charge in [-0.05, 0) is 60.4 Å². The molecule has 1 atom stereocenters. The highest BCUT2D eigenvalue weighted by Gasteiger charge is 2.25. The monoisotopic (exact) mass is 380 g/mol. The second-order valence-electron chi connectivity index (χ2n) is 6.29. The first kappa shape index (κ1) is 19.0. The zero-order chi connectivity index (χ0) is 19.3. The maximum absolute atomic E-state index is 12.3. The second kappa shape index (κ2) is 8.26. The number of rotatable bonds is 6. The molecule has 0 aliphatic carbocycles. The Morgan fingerprint density at radius 3 is 1.85 bits per heavy atom. The predicted octanol–water partition coefficient (Wildman–Crippen LogP) is 6.03. The highest BCUT2D eigenvalue weighted by atomic mass is 31.2. The molecule has 3 rings (SSSR count). The zero-order valence-electron chi connectivity index (χ0n) is 15.2. The van der Waals surface area contributed by atoms with Crippen LogP contribution in [-0.2, 0) is 4.57 Å². The van der Waals surface area contributed by atoms with Crippen LogP contribution in [0.3, 0.4) is 0 Å². The maximum Gasteiger partial charge on any atom is 0.584 e. The second-order valence-corrected chi connectivity index (χ2v) is 7.59. The standard InChI is InChI=1S/C22H21O4P/c1-17-14-18(2)16-22(15-17)26-27(23,24)25-21-12-10-20(11-13-21)9-8-19-6-4-3-5-7-19/h3-16H,1-2H3,(H,23,24)/b9-8+. The minimum Gasteiger partial charge on any atom is -0.395 e. The molecule has 4 nitrogen and oxygen atoms in total. The minimum absolute atomic E-state index is 0.266. The summed E-state index contributed by atoms with van der Waals surface area (Å²) in [7, 11) is -4.27. The Kier molecular flexibility index (Phi) is 5.80. The minimum atomic E-state index is -4.27. The fourth-order valence-corrected chi connectivity index (χ4v) is 3.46. The molecule has 0 aliphatic heterocycles. The van der Waals surface area contributed by atoms with Gasteiger partial charge in [-0.3, -0.25) is 4.89 Å². The molecule has 3 aromatic rings. The summed E-state index contributed by atoms with van der Waals surface area (Å²) < 4.78 is 22.6. The summed E-state index contributed by atoms with van der Waals surface area (Å²) in [6.07, 6.45) is 3.96. The molecule has 0 bridgehead atoms. The first-order valence-corrected chi connectivity index (χ1v) is 10.0. The van der Waals surface area contributed by atoms with Crippen molar-refractivity contribution in [3.05, 3.63) is 95.1 Å². The van der Waals surface area contributed by atoms with E-state index in [1.54, 1.807) is 24.3 Å². The molecular weight excluding hydrogens is 359 g/mol. The Morgan fingerprint density at radius 2 is 1.26 bits per heavy atom. The Bertz CT molecular complexity index is 959. The molecule has 27 heavy (non-hydrogen) atoms. The highest BCUT2D eigenvalue weighted by Crippen LogP contribution is 2.44. The van der Waals surface area contributed by atoms with Gasteiger partial charge in [0.2, 0.25) is 0 Å². The van der Waals surface area contributed by atoms with Gasteiger partial charge in [-0.2, -0.15) is 0 Å². The molecule has 1 N–H and O–H groups in total. The maximum atomic E-state index is 12.3. The van der Waals surface area contributed by atoms with E-state index < -0.39 is 7.82 Å². The molecular formula is C22H21O4P. The van der Waals surface area contributed by atoms with Crippen LogP contribution in [0, 0.1) is 13.8 Å². The van der Waals surface area contributed by atoms with E-state index in [0.717, 1.165) is 22.3 Å². The van der Waals surface area contributed by atoms with Crippen LogP contribution in [0.15, 0.2) is 72.8 Å². The molecule has 0 spiro atoms. The van der Waals surface area contributed by atoms with Crippen LogP contribution in [0.4, 0.5) is 0 Å². The van der Waals surface area contributed by atoms with Gasteiger partial charge in [0.1, 0.15) is 11.5 Å². The summed E-state index contributed by atoms with van der Waals surface area (Å²) in [5.74, 6) is 0.572. The van der Waals surface area contributed by atoms with Gasteiger partial charge < -0.3 is 9.05 Å². The number of aryl methyl sites for hydroxylation is 2. The van der Waals surface area contributed by atoms with Crippen molar-refractivity contribution in [3.63, 3.8) is 0 Å². The van der Waals surface area contributed by atoms with E-state index in [2.05, 4.69) is 0 Å². The van der Waals surface area contributed by atoms with E-state index in [4.69, 9.17) is 9.05 Å². The highest BCUT2D eigenvalue weighted by molar-refractivity contribution is 7.48. The number of benzene rings is 3. The van der Waals surface area contributed by atoms with Crippen molar-refractivity contribution in [1.82, 2.24) is 0 Å². The third kappa shape index (κ3) is 5.85. The molecule has 0 heterocycles. The largest absolute Gasteiger partial charge is 0.584 e. The van der Waals surface area contributed by atoms with Crippen LogP contribution in [0.5, 0.6) is 11.5 Å². The molecule has 0 fully saturated rings. The van der Waals surface area contributed by atoms with Crippen molar-refractivity contribution < 1.29 is 18.5 Å². The predicted molar refractivity (Wildman–Crippen MR) is 109 cm³/mol. The third-order valence-corrected chi connectivity index (χ3v) is 4.67. The van der Waals surface area contributed by atoms with Crippen LogP contribution in [-0.4, -0.2) is 4.89 Å². The van der Waals surface area contributed by atoms with Gasteiger partial charge in [0.05, 0.1) is 0 Å². The smallest absolute Gasteiger partial charge is 0.395 e. The summed E-state index contributed by atoms with van der Waals surface area (Å²) in [5.41, 5.74) is 3.94. The topological polar surface area (TPSA) is 55.8 Å². The molecule has 138 valence electrons. The summed E-state index contributed by atoms with van der Waals surface area (Å²) in [4.78, 5) is 10.0. The van der Waals surface area contributed by atoms with E-state index in [1.165, 1.54) is 0 Å². The van der Waals surface area contributed by atoms with Crippen molar-refractivity contribution in [2.24, 2.45) is 0 Å². The summed E-state index contributed by atoms with van der Waals surface area (Å²) in [6, 6.07) is 22.2. The number of hydrogen-bond acceptors (Lipinski definition) is 3. The van der Waals surface area contributed by atoms with Crippen molar-refractivity contribution in [3.8, 4) is 11.5 Å². The quantitative estimate of drug-likeness (QED) is 0.419. The van der Waals surface area contributed by atoms with Gasteiger partial charge >= 0.3 is 7.82 Å². The lowest BCUT2D eigenvalue weighted by Crippen LogP contribution is -2.00. The summed E-state index contributed by atoms with van der Waals surface area (Å²) in [6.45, 7) is 3.79. The Morgan fingerprint density at radius 1 is 0.741 bits per heavy atom. The summed E-state index contributed by atoms with van der Waals surface area (Å²) in [5, 5.41) is 0. The molecule has 0 aliphatic rings. The summed E-state index contributed by atoms with van der Waals surface area (Å²) >= 11 is 0. The molecule has 0 saturated heterocycles. The van der Waals surface area contributed by atoms with Gasteiger partial charge in [-0.25, -0.2) is 4.57 Å². The van der Waals surface area contributed by atoms with Crippen molar-refractivity contribution in [2.45, 2.75) is 13.8 Å². The van der Waals surface area contributed by atoms with Gasteiger partial charge in [-0.1, -0.05) is 60.7 Å². The Labute approximate surface area is 159 Å². The van der Waals surface area contributed by atoms with Crippen LogP contribution in [0.2, 0.25) is 0 Å². The van der Waals surface area contributed by atoms with Crippen LogP contribution in [0.25, 0.3) is 12.2 Å². The van der Waals surface area contributed by atoms with Crippen molar-refractivity contribution in [1.29, 1.82) is 0 Å². The van der Waals surface area contributed by atoms with Crippen molar-refractivity contribution >= 4 is 20.0 Å². The van der Waals surface area contributed by atoms with E-state index in [9.17, 15) is 9.46 Å². The van der Waals surface area contributed by atoms with E-state index in [-0.39, 0.29) is 5.75 Å². The molecule has 3 aromatic carbocycles. The van der Waals surface area contributed by atoms with E-state index >= 15 is 0 Å². The lowest BCUT2D eigenvalue weighted by Gasteiger charge is -2.14. The fraction of sp³-hybridized carbons (Fsp3) is 0.0909.